The molecule has 7 heteroatoms. The topological polar surface area (TPSA) is 64.8 Å². The Morgan fingerprint density at radius 1 is 1.35 bits per heavy atom. The molecule has 0 amide bonds. The summed E-state index contributed by atoms with van der Waals surface area (Å²) in [4.78, 5) is 4.30. The van der Waals surface area contributed by atoms with Crippen LogP contribution in [-0.4, -0.2) is 29.4 Å². The molecule has 0 aliphatic rings. The summed E-state index contributed by atoms with van der Waals surface area (Å²) >= 11 is 5.65. The second-order valence-electron chi connectivity index (χ2n) is 3.55. The molecule has 0 aromatic carbocycles. The van der Waals surface area contributed by atoms with Crippen LogP contribution >= 0.6 is 11.6 Å². The first-order valence-electron chi connectivity index (χ1n) is 4.77. The maximum Gasteiger partial charge on any atom is 0.178 e. The van der Waals surface area contributed by atoms with Gasteiger partial charge in [0.2, 0.25) is 0 Å². The standard InChI is InChI=1S/C10H10ClN3O2S/c1-17(15,16)9-6-13-14(7-9)10-3-2-8(4-11)5-12-10/h2-3,5-7H,4H2,1H3. The smallest absolute Gasteiger partial charge is 0.178 e. The van der Waals surface area contributed by atoms with Gasteiger partial charge in [-0.15, -0.1) is 11.6 Å². The molecule has 17 heavy (non-hydrogen) atoms. The van der Waals surface area contributed by atoms with Crippen LogP contribution in [0.25, 0.3) is 5.82 Å². The zero-order chi connectivity index (χ0) is 12.5. The van der Waals surface area contributed by atoms with Crippen LogP contribution in [-0.2, 0) is 15.7 Å². The van der Waals surface area contributed by atoms with Crippen LogP contribution in [0.1, 0.15) is 5.56 Å². The van der Waals surface area contributed by atoms with Crippen molar-refractivity contribution in [1.82, 2.24) is 14.8 Å². The zero-order valence-corrected chi connectivity index (χ0v) is 10.6. The lowest BCUT2D eigenvalue weighted by Crippen LogP contribution is -1.98. The maximum atomic E-state index is 11.3. The van der Waals surface area contributed by atoms with E-state index in [-0.39, 0.29) is 4.90 Å². The molecule has 5 nitrogen and oxygen atoms in total. The molecule has 90 valence electrons. The van der Waals surface area contributed by atoms with Gasteiger partial charge in [0.25, 0.3) is 0 Å². The van der Waals surface area contributed by atoms with Crippen molar-refractivity contribution in [1.29, 1.82) is 0 Å². The highest BCUT2D eigenvalue weighted by Gasteiger charge is 2.10. The third-order valence-electron chi connectivity index (χ3n) is 2.19. The fraction of sp³-hybridized carbons (Fsp3) is 0.200. The van der Waals surface area contributed by atoms with E-state index >= 15 is 0 Å². The molecule has 0 unspecified atom stereocenters. The Labute approximate surface area is 104 Å². The third kappa shape index (κ3) is 2.65. The summed E-state index contributed by atoms with van der Waals surface area (Å²) in [6.07, 6.45) is 5.49. The summed E-state index contributed by atoms with van der Waals surface area (Å²) in [5.74, 6) is 0.940. The van der Waals surface area contributed by atoms with Crippen molar-refractivity contribution in [2.75, 3.05) is 6.26 Å². The van der Waals surface area contributed by atoms with Crippen LogP contribution in [0, 0.1) is 0 Å². The number of aromatic nitrogens is 3. The Balaban J connectivity index is 2.37. The minimum atomic E-state index is -3.24. The van der Waals surface area contributed by atoms with Gasteiger partial charge >= 0.3 is 0 Å². The molecule has 0 aliphatic carbocycles. The molecule has 0 atom stereocenters. The summed E-state index contributed by atoms with van der Waals surface area (Å²) in [6, 6.07) is 3.55. The average Bonchev–Trinajstić information content (AvgIpc) is 2.78. The Morgan fingerprint density at radius 2 is 2.12 bits per heavy atom. The molecule has 0 saturated heterocycles. The highest BCUT2D eigenvalue weighted by atomic mass is 35.5. The van der Waals surface area contributed by atoms with Crippen LogP contribution in [0.2, 0.25) is 0 Å². The lowest BCUT2D eigenvalue weighted by atomic mass is 10.3. The minimum Gasteiger partial charge on any atom is -0.237 e. The lowest BCUT2D eigenvalue weighted by molar-refractivity contribution is 0.602. The summed E-state index contributed by atoms with van der Waals surface area (Å²) in [5, 5.41) is 3.95. The quantitative estimate of drug-likeness (QED) is 0.792. The van der Waals surface area contributed by atoms with Crippen molar-refractivity contribution in [3.63, 3.8) is 0 Å². The molecule has 0 spiro atoms. The Kier molecular flexibility index (Phi) is 3.17. The van der Waals surface area contributed by atoms with Gasteiger partial charge in [0.15, 0.2) is 15.7 Å². The average molecular weight is 272 g/mol. The largest absolute Gasteiger partial charge is 0.237 e. The van der Waals surface area contributed by atoms with Crippen molar-refractivity contribution in [3.8, 4) is 5.82 Å². The monoisotopic (exact) mass is 271 g/mol. The molecule has 0 bridgehead atoms. The lowest BCUT2D eigenvalue weighted by Gasteiger charge is -2.00. The summed E-state index contributed by atoms with van der Waals surface area (Å²) in [6.45, 7) is 0. The number of hydrogen-bond donors (Lipinski definition) is 0. The van der Waals surface area contributed by atoms with E-state index in [1.54, 1.807) is 12.3 Å². The molecule has 2 rings (SSSR count). The number of sulfone groups is 1. The van der Waals surface area contributed by atoms with Gasteiger partial charge in [-0.2, -0.15) is 5.10 Å². The Bertz CT molecular complexity index is 619. The number of rotatable bonds is 3. The molecule has 0 fully saturated rings. The van der Waals surface area contributed by atoms with Crippen molar-refractivity contribution < 1.29 is 8.42 Å². The van der Waals surface area contributed by atoms with E-state index in [1.807, 2.05) is 6.07 Å². The number of hydrogen-bond acceptors (Lipinski definition) is 4. The van der Waals surface area contributed by atoms with E-state index in [2.05, 4.69) is 10.1 Å². The maximum absolute atomic E-state index is 11.3. The van der Waals surface area contributed by atoms with Gasteiger partial charge in [-0.05, 0) is 11.6 Å². The van der Waals surface area contributed by atoms with Crippen LogP contribution < -0.4 is 0 Å². The molecule has 2 aromatic heterocycles. The van der Waals surface area contributed by atoms with Gasteiger partial charge in [0.05, 0.1) is 12.4 Å². The van der Waals surface area contributed by atoms with E-state index in [0.29, 0.717) is 11.7 Å². The van der Waals surface area contributed by atoms with Gasteiger partial charge in [-0.25, -0.2) is 18.1 Å². The highest BCUT2D eigenvalue weighted by Crippen LogP contribution is 2.11. The second kappa shape index (κ2) is 4.46. The fourth-order valence-corrected chi connectivity index (χ4v) is 1.94. The SMILES string of the molecule is CS(=O)(=O)c1cnn(-c2ccc(CCl)cn2)c1. The predicted molar refractivity (Wildman–Crippen MR) is 64.0 cm³/mol. The van der Waals surface area contributed by atoms with E-state index < -0.39 is 9.84 Å². The van der Waals surface area contributed by atoms with E-state index in [9.17, 15) is 8.42 Å². The molecule has 0 saturated carbocycles. The van der Waals surface area contributed by atoms with Gasteiger partial charge in [-0.1, -0.05) is 6.07 Å². The van der Waals surface area contributed by atoms with Crippen molar-refractivity contribution >= 4 is 21.4 Å². The number of halogens is 1. The number of alkyl halides is 1. The molecular formula is C10H10ClN3O2S. The second-order valence-corrected chi connectivity index (χ2v) is 5.83. The van der Waals surface area contributed by atoms with Gasteiger partial charge in [0.1, 0.15) is 4.90 Å². The van der Waals surface area contributed by atoms with Crippen LogP contribution in [0.5, 0.6) is 0 Å². The highest BCUT2D eigenvalue weighted by molar-refractivity contribution is 7.90. The first kappa shape index (κ1) is 12.1. The van der Waals surface area contributed by atoms with Crippen LogP contribution in [0.3, 0.4) is 0 Å². The predicted octanol–water partition coefficient (Wildman–Crippen LogP) is 1.41. The van der Waals surface area contributed by atoms with Crippen molar-refractivity contribution in [2.45, 2.75) is 10.8 Å². The van der Waals surface area contributed by atoms with Crippen LogP contribution in [0.4, 0.5) is 0 Å². The van der Waals surface area contributed by atoms with Gasteiger partial charge in [0, 0.05) is 18.3 Å². The van der Waals surface area contributed by atoms with Gasteiger partial charge < -0.3 is 0 Å². The number of nitrogens with zero attached hydrogens (tertiary/aromatic N) is 3. The van der Waals surface area contributed by atoms with Gasteiger partial charge in [-0.3, -0.25) is 0 Å². The Hall–Kier alpha value is -1.40. The first-order valence-corrected chi connectivity index (χ1v) is 7.19. The van der Waals surface area contributed by atoms with Crippen molar-refractivity contribution in [2.24, 2.45) is 0 Å². The fourth-order valence-electron chi connectivity index (χ4n) is 1.25. The molecule has 0 N–H and O–H groups in total. The first-order chi connectivity index (χ1) is 8.00. The zero-order valence-electron chi connectivity index (χ0n) is 9.04. The van der Waals surface area contributed by atoms with Crippen molar-refractivity contribution in [3.05, 3.63) is 36.3 Å². The normalized spacial score (nSPS) is 11.6. The molecule has 2 aromatic rings. The molecular weight excluding hydrogens is 262 g/mol. The Morgan fingerprint density at radius 3 is 2.59 bits per heavy atom. The van der Waals surface area contributed by atoms with E-state index in [0.717, 1.165) is 11.8 Å². The third-order valence-corrected chi connectivity index (χ3v) is 3.56. The van der Waals surface area contributed by atoms with E-state index in [4.69, 9.17) is 11.6 Å². The van der Waals surface area contributed by atoms with E-state index in [1.165, 1.54) is 17.1 Å². The molecule has 2 heterocycles. The van der Waals surface area contributed by atoms with Crippen LogP contribution in [0.15, 0.2) is 35.6 Å². The summed E-state index contributed by atoms with van der Waals surface area (Å²) < 4.78 is 24.0. The molecule has 0 radical (unpaired) electrons. The number of pyridine rings is 1. The summed E-state index contributed by atoms with van der Waals surface area (Å²) in [5.41, 5.74) is 0.894. The summed E-state index contributed by atoms with van der Waals surface area (Å²) in [7, 11) is -3.24. The molecule has 0 aliphatic heterocycles. The minimum absolute atomic E-state index is 0.167.